The molecule has 6 heterocycles. The molecule has 5 aliphatic rings. The van der Waals surface area contributed by atoms with Gasteiger partial charge in [0.15, 0.2) is 11.5 Å². The molecule has 2 fully saturated rings. The highest BCUT2D eigenvalue weighted by Gasteiger charge is 2.65. The van der Waals surface area contributed by atoms with Gasteiger partial charge in [0.1, 0.15) is 17.8 Å². The Morgan fingerprint density at radius 3 is 2.70 bits per heavy atom. The number of ether oxygens (including phenoxy) is 1. The summed E-state index contributed by atoms with van der Waals surface area (Å²) in [7, 11) is 0. The lowest BCUT2D eigenvalue weighted by Crippen LogP contribution is -2.57. The second kappa shape index (κ2) is 5.86. The van der Waals surface area contributed by atoms with Crippen molar-refractivity contribution in [1.29, 1.82) is 0 Å². The maximum Gasteiger partial charge on any atom is 0.262 e. The molecule has 5 aliphatic heterocycles. The van der Waals surface area contributed by atoms with Crippen molar-refractivity contribution < 1.29 is 14.3 Å². The summed E-state index contributed by atoms with van der Waals surface area (Å²) in [5, 5.41) is 6.81. The van der Waals surface area contributed by atoms with Crippen LogP contribution in [0, 0.1) is 0 Å². The summed E-state index contributed by atoms with van der Waals surface area (Å²) >= 11 is 0. The van der Waals surface area contributed by atoms with Crippen LogP contribution in [-0.2, 0) is 25.7 Å². The van der Waals surface area contributed by atoms with Crippen molar-refractivity contribution in [2.75, 3.05) is 4.90 Å². The molecule has 1 spiro atoms. The van der Waals surface area contributed by atoms with Gasteiger partial charge in [0.2, 0.25) is 11.8 Å². The van der Waals surface area contributed by atoms with E-state index in [1.807, 2.05) is 37.3 Å². The van der Waals surface area contributed by atoms with Gasteiger partial charge in [-0.3, -0.25) is 29.2 Å². The topological polar surface area (TPSA) is 106 Å². The zero-order valence-corrected chi connectivity index (χ0v) is 18.0. The number of carbonyl (C=O) groups is 2. The minimum absolute atomic E-state index is 0.0486. The van der Waals surface area contributed by atoms with E-state index in [1.54, 1.807) is 30.0 Å². The minimum atomic E-state index is -1.37. The van der Waals surface area contributed by atoms with Crippen LogP contribution in [0.4, 0.5) is 5.69 Å². The number of fused-ring (bicyclic) bond motifs is 5. The van der Waals surface area contributed by atoms with Crippen LogP contribution in [0.3, 0.4) is 0 Å². The highest BCUT2D eigenvalue weighted by Crippen LogP contribution is 2.56. The molecule has 2 bridgehead atoms. The van der Waals surface area contributed by atoms with Gasteiger partial charge in [0, 0.05) is 12.0 Å². The van der Waals surface area contributed by atoms with Crippen molar-refractivity contribution in [3.05, 3.63) is 70.3 Å². The predicted octanol–water partition coefficient (Wildman–Crippen LogP) is 1.22. The van der Waals surface area contributed by atoms with Gasteiger partial charge in [0.05, 0.1) is 22.6 Å². The van der Waals surface area contributed by atoms with Gasteiger partial charge in [-0.25, -0.2) is 4.98 Å². The average molecular weight is 443 g/mol. The molecule has 8 rings (SSSR count). The quantitative estimate of drug-likeness (QED) is 0.541. The molecule has 0 saturated carbocycles. The van der Waals surface area contributed by atoms with E-state index >= 15 is 0 Å². The fraction of sp³-hybridized carbons (Fsp3) is 0.333. The summed E-state index contributed by atoms with van der Waals surface area (Å²) in [6.07, 6.45) is -0.321. The van der Waals surface area contributed by atoms with E-state index in [1.165, 1.54) is 4.57 Å². The number of nitrogens with zero attached hydrogens (tertiary/aromatic N) is 3. The normalized spacial score (nSPS) is 33.8. The number of carbonyl (C=O) groups excluding carboxylic acids is 2. The maximum absolute atomic E-state index is 13.6. The number of para-hydroxylation sites is 2. The number of rotatable bonds is 0. The minimum Gasteiger partial charge on any atom is -0.334 e. The molecule has 5 atom stereocenters. The Bertz CT molecular complexity index is 1470. The largest absolute Gasteiger partial charge is 0.334 e. The monoisotopic (exact) mass is 443 g/mol. The first-order valence-corrected chi connectivity index (χ1v) is 11.1. The van der Waals surface area contributed by atoms with E-state index in [-0.39, 0.29) is 23.8 Å². The zero-order chi connectivity index (χ0) is 22.7. The van der Waals surface area contributed by atoms with Crippen molar-refractivity contribution in [1.82, 2.24) is 20.2 Å². The lowest BCUT2D eigenvalue weighted by molar-refractivity contribution is -0.180. The van der Waals surface area contributed by atoms with Gasteiger partial charge in [-0.1, -0.05) is 30.3 Å². The standard InChI is InChI=1S/C24H21N5O4/c1-12-19(31)28-16-10-6-4-8-14(16)24(22(28)25-12)11-17-18(30)27-23(2,33-24)21-26-15-9-5-3-7-13(15)20(32)29(17)21/h3-10,12,17,22,25H,11H2,1-2H3,(H,27,30)/t12-,17-,22+,23-,24+/m0/s1. The first-order chi connectivity index (χ1) is 15.8. The highest BCUT2D eigenvalue weighted by molar-refractivity contribution is 6.02. The number of hydrogen-bond acceptors (Lipinski definition) is 6. The van der Waals surface area contributed by atoms with Gasteiger partial charge in [-0.15, -0.1) is 0 Å². The van der Waals surface area contributed by atoms with Crippen LogP contribution >= 0.6 is 0 Å². The molecule has 2 N–H and O–H groups in total. The Hall–Kier alpha value is -3.56. The molecule has 2 saturated heterocycles. The van der Waals surface area contributed by atoms with E-state index in [9.17, 15) is 14.4 Å². The molecular formula is C24H21N5O4. The summed E-state index contributed by atoms with van der Waals surface area (Å²) in [5.74, 6) is 0.0165. The summed E-state index contributed by atoms with van der Waals surface area (Å²) in [6.45, 7) is 3.55. The van der Waals surface area contributed by atoms with E-state index in [0.717, 1.165) is 11.3 Å². The number of amides is 2. The molecule has 2 amide bonds. The van der Waals surface area contributed by atoms with Gasteiger partial charge in [-0.2, -0.15) is 0 Å². The first-order valence-electron chi connectivity index (χ1n) is 11.1. The van der Waals surface area contributed by atoms with Crippen molar-refractivity contribution in [2.24, 2.45) is 0 Å². The molecule has 166 valence electrons. The Balaban J connectivity index is 1.52. The SMILES string of the molecule is C[C@@H]1N[C@@H]2N(C1=O)c1ccccc1[C@]21C[C@H]2C(=O)N[C@@](C)(O1)c1nc3ccccc3c(=O)n12. The van der Waals surface area contributed by atoms with Crippen LogP contribution < -0.4 is 21.1 Å². The van der Waals surface area contributed by atoms with E-state index in [2.05, 4.69) is 10.6 Å². The third-order valence-corrected chi connectivity index (χ3v) is 7.43. The molecule has 33 heavy (non-hydrogen) atoms. The summed E-state index contributed by atoms with van der Waals surface area (Å²) in [5.41, 5.74) is -0.563. The van der Waals surface area contributed by atoms with E-state index in [4.69, 9.17) is 9.72 Å². The molecule has 9 heteroatoms. The summed E-state index contributed by atoms with van der Waals surface area (Å²) < 4.78 is 8.35. The van der Waals surface area contributed by atoms with E-state index < -0.39 is 29.6 Å². The van der Waals surface area contributed by atoms with Gasteiger partial charge >= 0.3 is 0 Å². The zero-order valence-electron chi connectivity index (χ0n) is 18.0. The third kappa shape index (κ3) is 2.14. The van der Waals surface area contributed by atoms with Crippen LogP contribution in [-0.4, -0.2) is 33.6 Å². The van der Waals surface area contributed by atoms with Crippen molar-refractivity contribution in [2.45, 2.75) is 49.8 Å². The fourth-order valence-electron chi connectivity index (χ4n) is 6.05. The van der Waals surface area contributed by atoms with Crippen LogP contribution in [0.2, 0.25) is 0 Å². The van der Waals surface area contributed by atoms with Gasteiger partial charge < -0.3 is 10.1 Å². The van der Waals surface area contributed by atoms with E-state index in [0.29, 0.717) is 16.7 Å². The summed E-state index contributed by atoms with van der Waals surface area (Å²) in [6, 6.07) is 13.5. The first kappa shape index (κ1) is 19.0. The molecule has 2 aromatic carbocycles. The Morgan fingerprint density at radius 1 is 1.09 bits per heavy atom. The molecule has 1 aromatic heterocycles. The predicted molar refractivity (Wildman–Crippen MR) is 118 cm³/mol. The van der Waals surface area contributed by atoms with Crippen LogP contribution in [0.15, 0.2) is 53.3 Å². The summed E-state index contributed by atoms with van der Waals surface area (Å²) in [4.78, 5) is 46.5. The lowest BCUT2D eigenvalue weighted by Gasteiger charge is -2.40. The second-order valence-electron chi connectivity index (χ2n) is 9.38. The Labute approximate surface area is 188 Å². The third-order valence-electron chi connectivity index (χ3n) is 7.43. The second-order valence-corrected chi connectivity index (χ2v) is 9.38. The van der Waals surface area contributed by atoms with Gasteiger partial charge in [-0.05, 0) is 32.0 Å². The van der Waals surface area contributed by atoms with Crippen molar-refractivity contribution in [3.63, 3.8) is 0 Å². The number of anilines is 1. The van der Waals surface area contributed by atoms with Crippen molar-refractivity contribution >= 4 is 28.4 Å². The fourth-order valence-corrected chi connectivity index (χ4v) is 6.05. The number of hydrogen-bond donors (Lipinski definition) is 2. The van der Waals surface area contributed by atoms with Gasteiger partial charge in [0.25, 0.3) is 5.56 Å². The smallest absolute Gasteiger partial charge is 0.262 e. The molecule has 0 radical (unpaired) electrons. The molecule has 0 unspecified atom stereocenters. The molecule has 9 nitrogen and oxygen atoms in total. The Kier molecular flexibility index (Phi) is 3.37. The molecule has 0 aliphatic carbocycles. The lowest BCUT2D eigenvalue weighted by atomic mass is 9.86. The number of nitrogens with one attached hydrogen (secondary N) is 2. The number of aromatic nitrogens is 2. The van der Waals surface area contributed by atoms with Crippen LogP contribution in [0.5, 0.6) is 0 Å². The molecule has 3 aromatic rings. The molecular weight excluding hydrogens is 422 g/mol. The Morgan fingerprint density at radius 2 is 1.85 bits per heavy atom. The maximum atomic E-state index is 13.6. The average Bonchev–Trinajstić information content (AvgIpc) is 3.13. The van der Waals surface area contributed by atoms with Crippen molar-refractivity contribution in [3.8, 4) is 0 Å². The number of benzene rings is 2. The van der Waals surface area contributed by atoms with Crippen LogP contribution in [0.1, 0.15) is 37.7 Å². The van der Waals surface area contributed by atoms with Crippen LogP contribution in [0.25, 0.3) is 10.9 Å². The highest BCUT2D eigenvalue weighted by atomic mass is 16.5.